The lowest BCUT2D eigenvalue weighted by Gasteiger charge is -2.33. The topological polar surface area (TPSA) is 105 Å². The Balaban J connectivity index is 2.51. The van der Waals surface area contributed by atoms with Crippen LogP contribution >= 0.6 is 11.6 Å². The van der Waals surface area contributed by atoms with Crippen LogP contribution in [0.5, 0.6) is 11.5 Å². The molecule has 0 aliphatic rings. The summed E-state index contributed by atoms with van der Waals surface area (Å²) in [6.07, 6.45) is 1.33. The van der Waals surface area contributed by atoms with Crippen LogP contribution in [0.1, 0.15) is 32.8 Å². The van der Waals surface area contributed by atoms with Crippen molar-refractivity contribution in [3.05, 3.63) is 53.1 Å². The number of benzene rings is 2. The third-order valence-corrected chi connectivity index (χ3v) is 7.01. The van der Waals surface area contributed by atoms with E-state index in [1.54, 1.807) is 38.3 Å². The van der Waals surface area contributed by atoms with Gasteiger partial charge in [0, 0.05) is 18.1 Å². The fourth-order valence-corrected chi connectivity index (χ4v) is 4.77. The molecule has 0 fully saturated rings. The number of rotatable bonds is 13. The predicted octanol–water partition coefficient (Wildman–Crippen LogP) is 3.70. The van der Waals surface area contributed by atoms with Gasteiger partial charge in [-0.1, -0.05) is 44.5 Å². The molecule has 9 nitrogen and oxygen atoms in total. The molecule has 0 saturated heterocycles. The number of methoxy groups -OCH3 is 2. The number of sulfonamides is 1. The van der Waals surface area contributed by atoms with E-state index < -0.39 is 28.5 Å². The minimum absolute atomic E-state index is 0.0773. The second-order valence-corrected chi connectivity index (χ2v) is 11.4. The first-order chi connectivity index (χ1) is 17.4. The molecule has 0 aliphatic carbocycles. The molecule has 0 spiro atoms. The van der Waals surface area contributed by atoms with Crippen molar-refractivity contribution in [3.8, 4) is 11.5 Å². The number of nitrogens with zero attached hydrogens (tertiary/aromatic N) is 2. The highest BCUT2D eigenvalue weighted by Gasteiger charge is 2.32. The Bertz CT molecular complexity index is 1190. The zero-order valence-electron chi connectivity index (χ0n) is 22.2. The first kappa shape index (κ1) is 30.2. The van der Waals surface area contributed by atoms with Crippen LogP contribution < -0.4 is 19.1 Å². The second-order valence-electron chi connectivity index (χ2n) is 9.02. The average Bonchev–Trinajstić information content (AvgIpc) is 2.85. The highest BCUT2D eigenvalue weighted by molar-refractivity contribution is 7.92. The van der Waals surface area contributed by atoms with E-state index in [-0.39, 0.29) is 34.8 Å². The van der Waals surface area contributed by atoms with Crippen LogP contribution in [0.3, 0.4) is 0 Å². The molecule has 1 N–H and O–H groups in total. The van der Waals surface area contributed by atoms with Crippen LogP contribution in [0.4, 0.5) is 5.69 Å². The van der Waals surface area contributed by atoms with E-state index in [1.165, 1.54) is 24.1 Å². The van der Waals surface area contributed by atoms with E-state index >= 15 is 0 Å². The van der Waals surface area contributed by atoms with Gasteiger partial charge in [0.05, 0.1) is 26.2 Å². The van der Waals surface area contributed by atoms with Crippen molar-refractivity contribution >= 4 is 39.1 Å². The number of hydrogen-bond acceptors (Lipinski definition) is 6. The SMILES string of the molecule is CC[C@@H](C(=O)NCC(C)C)N(Cc1cccc(OC)c1)C(=O)CN(c1cc(Cl)ccc1OC)S(C)(=O)=O. The Morgan fingerprint density at radius 2 is 1.78 bits per heavy atom. The molecular weight excluding hydrogens is 518 g/mol. The number of hydrogen-bond donors (Lipinski definition) is 1. The van der Waals surface area contributed by atoms with Gasteiger partial charge in [-0.2, -0.15) is 0 Å². The van der Waals surface area contributed by atoms with Gasteiger partial charge >= 0.3 is 0 Å². The van der Waals surface area contributed by atoms with Gasteiger partial charge in [0.25, 0.3) is 0 Å². The first-order valence-electron chi connectivity index (χ1n) is 11.9. The molecule has 2 aromatic carbocycles. The van der Waals surface area contributed by atoms with Gasteiger partial charge < -0.3 is 19.7 Å². The molecule has 0 aromatic heterocycles. The molecule has 0 aliphatic heterocycles. The number of nitrogens with one attached hydrogen (secondary N) is 1. The molecule has 2 amide bonds. The van der Waals surface area contributed by atoms with E-state index in [1.807, 2.05) is 19.9 Å². The molecule has 0 radical (unpaired) electrons. The minimum Gasteiger partial charge on any atom is -0.497 e. The monoisotopic (exact) mass is 553 g/mol. The van der Waals surface area contributed by atoms with Crippen LogP contribution in [-0.2, 0) is 26.2 Å². The molecule has 11 heteroatoms. The first-order valence-corrected chi connectivity index (χ1v) is 14.1. The van der Waals surface area contributed by atoms with Gasteiger partial charge in [-0.15, -0.1) is 0 Å². The highest BCUT2D eigenvalue weighted by atomic mass is 35.5. The summed E-state index contributed by atoms with van der Waals surface area (Å²) in [6.45, 7) is 5.73. The van der Waals surface area contributed by atoms with Crippen molar-refractivity contribution in [1.82, 2.24) is 10.2 Å². The molecular formula is C26H36ClN3O6S. The van der Waals surface area contributed by atoms with E-state index in [9.17, 15) is 18.0 Å². The zero-order chi connectivity index (χ0) is 27.8. The lowest BCUT2D eigenvalue weighted by atomic mass is 10.1. The van der Waals surface area contributed by atoms with Crippen molar-refractivity contribution in [2.24, 2.45) is 5.92 Å². The summed E-state index contributed by atoms with van der Waals surface area (Å²) in [7, 11) is -0.988. The second kappa shape index (κ2) is 13.5. The standard InChI is InChI=1S/C26H36ClN3O6S/c1-7-22(26(32)28-15-18(2)3)29(16-19-9-8-10-21(13-19)35-4)25(31)17-30(37(6,33)34)23-14-20(27)11-12-24(23)36-5/h8-14,18,22H,7,15-17H2,1-6H3,(H,28,32)/t22-/m0/s1. The Kier molecular flexibility index (Phi) is 11.1. The molecule has 0 unspecified atom stereocenters. The molecule has 0 bridgehead atoms. The van der Waals surface area contributed by atoms with Crippen LogP contribution in [0, 0.1) is 5.92 Å². The van der Waals surface area contributed by atoms with Gasteiger partial charge in [-0.05, 0) is 48.2 Å². The largest absolute Gasteiger partial charge is 0.497 e. The number of ether oxygens (including phenoxy) is 2. The summed E-state index contributed by atoms with van der Waals surface area (Å²) in [5.74, 6) is 0.202. The Labute approximate surface area is 224 Å². The molecule has 0 heterocycles. The lowest BCUT2D eigenvalue weighted by molar-refractivity contribution is -0.140. The zero-order valence-corrected chi connectivity index (χ0v) is 23.7. The van der Waals surface area contributed by atoms with Gasteiger partial charge in [0.15, 0.2) is 0 Å². The fourth-order valence-electron chi connectivity index (χ4n) is 3.76. The summed E-state index contributed by atoms with van der Waals surface area (Å²) in [5, 5.41) is 3.17. The number of amides is 2. The van der Waals surface area contributed by atoms with Gasteiger partial charge in [0.1, 0.15) is 24.1 Å². The maximum Gasteiger partial charge on any atom is 0.244 e. The summed E-state index contributed by atoms with van der Waals surface area (Å²) in [4.78, 5) is 28.3. The van der Waals surface area contributed by atoms with E-state index in [2.05, 4.69) is 5.32 Å². The van der Waals surface area contributed by atoms with Crippen molar-refractivity contribution in [1.29, 1.82) is 0 Å². The quantitative estimate of drug-likeness (QED) is 0.405. The van der Waals surface area contributed by atoms with E-state index in [4.69, 9.17) is 21.1 Å². The Morgan fingerprint density at radius 3 is 2.35 bits per heavy atom. The predicted molar refractivity (Wildman–Crippen MR) is 146 cm³/mol. The van der Waals surface area contributed by atoms with Crippen LogP contribution in [0.15, 0.2) is 42.5 Å². The maximum atomic E-state index is 13.8. The van der Waals surface area contributed by atoms with Gasteiger partial charge in [-0.25, -0.2) is 8.42 Å². The third-order valence-electron chi connectivity index (χ3n) is 5.65. The van der Waals surface area contributed by atoms with E-state index in [0.717, 1.165) is 16.1 Å². The average molecular weight is 554 g/mol. The molecule has 2 rings (SSSR count). The summed E-state index contributed by atoms with van der Waals surface area (Å²) in [5.41, 5.74) is 0.860. The summed E-state index contributed by atoms with van der Waals surface area (Å²) >= 11 is 6.14. The number of carbonyl (C=O) groups excluding carboxylic acids is 2. The molecule has 204 valence electrons. The Morgan fingerprint density at radius 1 is 1.08 bits per heavy atom. The lowest BCUT2D eigenvalue weighted by Crippen LogP contribution is -2.52. The van der Waals surface area contributed by atoms with Crippen molar-refractivity contribution in [2.45, 2.75) is 39.8 Å². The van der Waals surface area contributed by atoms with Gasteiger partial charge in [0.2, 0.25) is 21.8 Å². The smallest absolute Gasteiger partial charge is 0.244 e. The normalized spacial score (nSPS) is 12.1. The molecule has 0 saturated carbocycles. The number of carbonyl (C=O) groups is 2. The summed E-state index contributed by atoms with van der Waals surface area (Å²) < 4.78 is 37.2. The minimum atomic E-state index is -3.93. The molecule has 2 aromatic rings. The van der Waals surface area contributed by atoms with Crippen molar-refractivity contribution in [2.75, 3.05) is 37.9 Å². The maximum absolute atomic E-state index is 13.8. The highest BCUT2D eigenvalue weighted by Crippen LogP contribution is 2.33. The third kappa shape index (κ3) is 8.53. The van der Waals surface area contributed by atoms with Crippen molar-refractivity contribution in [3.63, 3.8) is 0 Å². The van der Waals surface area contributed by atoms with Crippen molar-refractivity contribution < 1.29 is 27.5 Å². The Hall–Kier alpha value is -2.98. The number of anilines is 1. The molecule has 1 atom stereocenters. The summed E-state index contributed by atoms with van der Waals surface area (Å²) in [6, 6.07) is 10.8. The van der Waals surface area contributed by atoms with Crippen LogP contribution in [0.25, 0.3) is 0 Å². The van der Waals surface area contributed by atoms with E-state index in [0.29, 0.717) is 18.7 Å². The van der Waals surface area contributed by atoms with Crippen LogP contribution in [0.2, 0.25) is 5.02 Å². The molecule has 37 heavy (non-hydrogen) atoms. The fraction of sp³-hybridized carbons (Fsp3) is 0.462. The number of halogens is 1. The van der Waals surface area contributed by atoms with Crippen LogP contribution in [-0.4, -0.2) is 64.7 Å². The van der Waals surface area contributed by atoms with Gasteiger partial charge in [-0.3, -0.25) is 13.9 Å².